The highest BCUT2D eigenvalue weighted by Crippen LogP contribution is 2.48. The van der Waals surface area contributed by atoms with E-state index in [0.717, 1.165) is 24.5 Å². The van der Waals surface area contributed by atoms with Crippen LogP contribution in [0.5, 0.6) is 0 Å². The van der Waals surface area contributed by atoms with Crippen molar-refractivity contribution in [1.29, 1.82) is 0 Å². The van der Waals surface area contributed by atoms with E-state index in [2.05, 4.69) is 58.1 Å². The maximum absolute atomic E-state index is 8.74. The van der Waals surface area contributed by atoms with Crippen LogP contribution in [0.1, 0.15) is 6.42 Å². The van der Waals surface area contributed by atoms with E-state index in [0.29, 0.717) is 0 Å². The molecule has 164 valence electrons. The topological polar surface area (TPSA) is 84.3 Å². The maximum atomic E-state index is 8.74. The molecule has 0 radical (unpaired) electrons. The zero-order valence-electron chi connectivity index (χ0n) is 16.7. The molecule has 0 spiro atoms. The second kappa shape index (κ2) is 10.3. The van der Waals surface area contributed by atoms with Gasteiger partial charge in [-0.1, -0.05) is 35.5 Å². The van der Waals surface area contributed by atoms with Gasteiger partial charge in [0.15, 0.2) is 0 Å². The minimum Gasteiger partial charge on any atom is -0.340 e. The number of piperazine rings is 1. The van der Waals surface area contributed by atoms with Crippen molar-refractivity contribution in [3.05, 3.63) is 47.5 Å². The molecule has 2 aromatic carbocycles. The van der Waals surface area contributed by atoms with Crippen LogP contribution in [-0.4, -0.2) is 73.6 Å². The lowest BCUT2D eigenvalue weighted by Gasteiger charge is -2.35. The Morgan fingerprint density at radius 1 is 0.967 bits per heavy atom. The standard InChI is InChI=1S/C20H24ClN3S.H2O4S/c1-22-11-13-23(14-12-22)9-4-10-24-17-5-2-3-6-19(17)25-20-8-7-16(21)15-18(20)24;1-5(2,3)4/h2-3,5-8,15H,4,9-14H2,1H3;(H2,1,2,3,4). The summed E-state index contributed by atoms with van der Waals surface area (Å²) in [5.74, 6) is 0. The fraction of sp³-hybridized carbons (Fsp3) is 0.400. The highest BCUT2D eigenvalue weighted by Gasteiger charge is 2.23. The van der Waals surface area contributed by atoms with Crippen LogP contribution in [0, 0.1) is 0 Å². The van der Waals surface area contributed by atoms with Crippen molar-refractivity contribution >= 4 is 45.1 Å². The Morgan fingerprint density at radius 3 is 2.30 bits per heavy atom. The van der Waals surface area contributed by atoms with Gasteiger partial charge in [-0.25, -0.2) is 0 Å². The normalized spacial score (nSPS) is 17.0. The van der Waals surface area contributed by atoms with Gasteiger partial charge in [-0.3, -0.25) is 9.11 Å². The third-order valence-corrected chi connectivity index (χ3v) is 6.41. The highest BCUT2D eigenvalue weighted by molar-refractivity contribution is 7.99. The fourth-order valence-corrected chi connectivity index (χ4v) is 4.81. The van der Waals surface area contributed by atoms with E-state index < -0.39 is 10.4 Å². The number of anilines is 2. The lowest BCUT2D eigenvalue weighted by atomic mass is 10.2. The molecule has 0 amide bonds. The van der Waals surface area contributed by atoms with Crippen molar-refractivity contribution < 1.29 is 17.5 Å². The molecule has 1 fully saturated rings. The van der Waals surface area contributed by atoms with E-state index >= 15 is 0 Å². The molecular formula is C20H26ClN3O4S2. The molecule has 4 rings (SSSR count). The molecular weight excluding hydrogens is 446 g/mol. The number of benzene rings is 2. The Kier molecular flexibility index (Phi) is 8.03. The number of hydrogen-bond donors (Lipinski definition) is 2. The number of para-hydroxylation sites is 1. The van der Waals surface area contributed by atoms with Crippen molar-refractivity contribution in [1.82, 2.24) is 9.80 Å². The van der Waals surface area contributed by atoms with Crippen molar-refractivity contribution in [2.75, 3.05) is 51.2 Å². The Labute approximate surface area is 187 Å². The van der Waals surface area contributed by atoms with Gasteiger partial charge in [0.05, 0.1) is 11.4 Å². The Bertz CT molecular complexity index is 958. The quantitative estimate of drug-likeness (QED) is 0.649. The SMILES string of the molecule is CN1CCN(CCCN2c3ccccc3Sc3ccc(Cl)cc32)CC1.O=S(=O)(O)O. The van der Waals surface area contributed by atoms with Crippen LogP contribution < -0.4 is 4.90 Å². The first kappa shape index (κ1) is 23.3. The molecule has 7 nitrogen and oxygen atoms in total. The number of fused-ring (bicyclic) bond motifs is 2. The lowest BCUT2D eigenvalue weighted by Crippen LogP contribution is -2.45. The molecule has 2 aliphatic rings. The maximum Gasteiger partial charge on any atom is 0.394 e. The van der Waals surface area contributed by atoms with Gasteiger partial charge in [0, 0.05) is 47.5 Å². The third-order valence-electron chi connectivity index (χ3n) is 5.04. The highest BCUT2D eigenvalue weighted by atomic mass is 35.5. The first-order valence-electron chi connectivity index (χ1n) is 9.65. The van der Waals surface area contributed by atoms with Gasteiger partial charge in [0.2, 0.25) is 0 Å². The van der Waals surface area contributed by atoms with Gasteiger partial charge in [-0.15, -0.1) is 0 Å². The predicted octanol–water partition coefficient (Wildman–Crippen LogP) is 3.93. The molecule has 30 heavy (non-hydrogen) atoms. The number of likely N-dealkylation sites (N-methyl/N-ethyl adjacent to an activating group) is 1. The first-order valence-corrected chi connectivity index (χ1v) is 12.2. The van der Waals surface area contributed by atoms with Gasteiger partial charge >= 0.3 is 10.4 Å². The minimum atomic E-state index is -4.67. The summed E-state index contributed by atoms with van der Waals surface area (Å²) in [5, 5.41) is 0.808. The molecule has 0 aromatic heterocycles. The van der Waals surface area contributed by atoms with Crippen LogP contribution >= 0.6 is 23.4 Å². The summed E-state index contributed by atoms with van der Waals surface area (Å²) in [6.45, 7) is 6.92. The molecule has 0 atom stereocenters. The van der Waals surface area contributed by atoms with Crippen LogP contribution in [0.15, 0.2) is 52.3 Å². The average Bonchev–Trinajstić information content (AvgIpc) is 2.68. The molecule has 2 N–H and O–H groups in total. The van der Waals surface area contributed by atoms with Crippen molar-refractivity contribution in [2.45, 2.75) is 16.2 Å². The zero-order valence-corrected chi connectivity index (χ0v) is 19.1. The molecule has 2 heterocycles. The molecule has 0 saturated carbocycles. The molecule has 0 aliphatic carbocycles. The summed E-state index contributed by atoms with van der Waals surface area (Å²) >= 11 is 8.13. The number of nitrogens with zero attached hydrogens (tertiary/aromatic N) is 3. The number of hydrogen-bond acceptors (Lipinski definition) is 6. The van der Waals surface area contributed by atoms with E-state index in [1.54, 1.807) is 0 Å². The summed E-state index contributed by atoms with van der Waals surface area (Å²) in [4.78, 5) is 10.1. The van der Waals surface area contributed by atoms with Crippen LogP contribution in [0.2, 0.25) is 5.02 Å². The van der Waals surface area contributed by atoms with Crippen LogP contribution in [-0.2, 0) is 10.4 Å². The summed E-state index contributed by atoms with van der Waals surface area (Å²) in [7, 11) is -2.46. The lowest BCUT2D eigenvalue weighted by molar-refractivity contribution is 0.153. The van der Waals surface area contributed by atoms with Crippen LogP contribution in [0.25, 0.3) is 0 Å². The van der Waals surface area contributed by atoms with E-state index in [1.807, 2.05) is 17.8 Å². The summed E-state index contributed by atoms with van der Waals surface area (Å²) in [5.41, 5.74) is 2.55. The van der Waals surface area contributed by atoms with E-state index in [-0.39, 0.29) is 0 Å². The largest absolute Gasteiger partial charge is 0.394 e. The number of halogens is 1. The minimum absolute atomic E-state index is 0.808. The molecule has 2 aromatic rings. The van der Waals surface area contributed by atoms with E-state index in [9.17, 15) is 0 Å². The third kappa shape index (κ3) is 6.84. The van der Waals surface area contributed by atoms with Crippen molar-refractivity contribution in [3.8, 4) is 0 Å². The Morgan fingerprint density at radius 2 is 1.60 bits per heavy atom. The van der Waals surface area contributed by atoms with Crippen molar-refractivity contribution in [2.24, 2.45) is 0 Å². The molecule has 10 heteroatoms. The van der Waals surface area contributed by atoms with Crippen molar-refractivity contribution in [3.63, 3.8) is 0 Å². The molecule has 0 unspecified atom stereocenters. The molecule has 0 bridgehead atoms. The zero-order chi connectivity index (χ0) is 21.7. The van der Waals surface area contributed by atoms with Crippen LogP contribution in [0.3, 0.4) is 0 Å². The summed E-state index contributed by atoms with van der Waals surface area (Å²) in [6, 6.07) is 14.9. The molecule has 2 aliphatic heterocycles. The average molecular weight is 472 g/mol. The number of rotatable bonds is 4. The van der Waals surface area contributed by atoms with Gasteiger partial charge in [0.1, 0.15) is 0 Å². The van der Waals surface area contributed by atoms with Gasteiger partial charge in [-0.2, -0.15) is 8.42 Å². The van der Waals surface area contributed by atoms with Gasteiger partial charge in [-0.05, 0) is 50.3 Å². The predicted molar refractivity (Wildman–Crippen MR) is 122 cm³/mol. The second-order valence-electron chi connectivity index (χ2n) is 7.28. The molecule has 1 saturated heterocycles. The summed E-state index contributed by atoms with van der Waals surface area (Å²) in [6.07, 6.45) is 1.16. The monoisotopic (exact) mass is 471 g/mol. The van der Waals surface area contributed by atoms with E-state index in [4.69, 9.17) is 29.1 Å². The fourth-order valence-electron chi connectivity index (χ4n) is 3.57. The van der Waals surface area contributed by atoms with Gasteiger partial charge < -0.3 is 14.7 Å². The Hall–Kier alpha value is -1.33. The first-order chi connectivity index (χ1) is 14.2. The smallest absolute Gasteiger partial charge is 0.340 e. The second-order valence-corrected chi connectivity index (χ2v) is 9.70. The van der Waals surface area contributed by atoms with Crippen LogP contribution in [0.4, 0.5) is 11.4 Å². The van der Waals surface area contributed by atoms with E-state index in [1.165, 1.54) is 47.3 Å². The van der Waals surface area contributed by atoms with Gasteiger partial charge in [0.25, 0.3) is 0 Å². The Balaban J connectivity index is 0.000000461. The summed E-state index contributed by atoms with van der Waals surface area (Å²) < 4.78 is 31.6.